The molecular formula is C20H27N3O4. The van der Waals surface area contributed by atoms with Crippen molar-refractivity contribution in [2.75, 3.05) is 34.4 Å². The van der Waals surface area contributed by atoms with Crippen LogP contribution in [0.25, 0.3) is 11.5 Å². The summed E-state index contributed by atoms with van der Waals surface area (Å²) in [6.07, 6.45) is 0.870. The van der Waals surface area contributed by atoms with Crippen molar-refractivity contribution < 1.29 is 18.7 Å². The number of aromatic nitrogens is 1. The first-order valence-electron chi connectivity index (χ1n) is 9.10. The largest absolute Gasteiger partial charge is 0.496 e. The smallest absolute Gasteiger partial charge is 0.230 e. The Bertz CT molecular complexity index is 831. The van der Waals surface area contributed by atoms with E-state index in [0.29, 0.717) is 18.2 Å². The van der Waals surface area contributed by atoms with Crippen molar-refractivity contribution >= 4 is 5.91 Å². The molecule has 0 radical (unpaired) electrons. The second-order valence-electron chi connectivity index (χ2n) is 6.83. The van der Waals surface area contributed by atoms with Gasteiger partial charge in [0.05, 0.1) is 31.4 Å². The van der Waals surface area contributed by atoms with Crippen molar-refractivity contribution in [1.82, 2.24) is 15.2 Å². The highest BCUT2D eigenvalue weighted by Crippen LogP contribution is 2.38. The first kappa shape index (κ1) is 19.2. The number of benzene rings is 1. The number of carbonyl (C=O) groups is 1. The van der Waals surface area contributed by atoms with Crippen molar-refractivity contribution in [2.24, 2.45) is 5.92 Å². The summed E-state index contributed by atoms with van der Waals surface area (Å²) < 4.78 is 16.9. The van der Waals surface area contributed by atoms with Crippen LogP contribution in [-0.2, 0) is 11.3 Å². The number of nitrogens with one attached hydrogen (secondary N) is 1. The molecule has 0 spiro atoms. The summed E-state index contributed by atoms with van der Waals surface area (Å²) in [7, 11) is 4.95. The minimum atomic E-state index is 0.0472. The number of hydrogen-bond acceptors (Lipinski definition) is 6. The van der Waals surface area contributed by atoms with Crippen molar-refractivity contribution in [3.05, 3.63) is 29.2 Å². The molecular weight excluding hydrogens is 346 g/mol. The molecule has 1 aliphatic rings. The van der Waals surface area contributed by atoms with E-state index in [0.717, 1.165) is 47.8 Å². The lowest BCUT2D eigenvalue weighted by Crippen LogP contribution is -2.30. The number of nitrogens with zero attached hydrogens (tertiary/aromatic N) is 2. The number of amides is 1. The summed E-state index contributed by atoms with van der Waals surface area (Å²) >= 11 is 0. The van der Waals surface area contributed by atoms with Gasteiger partial charge < -0.3 is 19.2 Å². The lowest BCUT2D eigenvalue weighted by Gasteiger charge is -2.14. The number of rotatable bonds is 6. The lowest BCUT2D eigenvalue weighted by atomic mass is 10.1. The second-order valence-corrected chi connectivity index (χ2v) is 6.83. The van der Waals surface area contributed by atoms with Gasteiger partial charge in [-0.1, -0.05) is 0 Å². The van der Waals surface area contributed by atoms with E-state index < -0.39 is 0 Å². The van der Waals surface area contributed by atoms with Gasteiger partial charge in [0.1, 0.15) is 17.3 Å². The molecule has 7 nitrogen and oxygen atoms in total. The van der Waals surface area contributed by atoms with Crippen LogP contribution < -0.4 is 14.8 Å². The molecule has 2 aromatic rings. The first-order chi connectivity index (χ1) is 13.0. The van der Waals surface area contributed by atoms with E-state index in [2.05, 4.69) is 10.2 Å². The van der Waals surface area contributed by atoms with Gasteiger partial charge in [0.2, 0.25) is 11.8 Å². The Hall–Kier alpha value is -2.54. The predicted molar refractivity (Wildman–Crippen MR) is 102 cm³/mol. The minimum absolute atomic E-state index is 0.0472. The molecule has 1 saturated heterocycles. The monoisotopic (exact) mass is 373 g/mol. The molecule has 146 valence electrons. The second kappa shape index (κ2) is 8.00. The molecule has 0 saturated carbocycles. The van der Waals surface area contributed by atoms with E-state index in [1.165, 1.54) is 0 Å². The topological polar surface area (TPSA) is 76.8 Å². The first-order valence-corrected chi connectivity index (χ1v) is 9.10. The van der Waals surface area contributed by atoms with Crippen LogP contribution in [0.5, 0.6) is 11.5 Å². The van der Waals surface area contributed by atoms with Gasteiger partial charge in [-0.15, -0.1) is 0 Å². The van der Waals surface area contributed by atoms with Gasteiger partial charge >= 0.3 is 0 Å². The number of carbonyl (C=O) groups excluding carboxylic acids is 1. The van der Waals surface area contributed by atoms with Crippen LogP contribution in [0.15, 0.2) is 16.5 Å². The highest BCUT2D eigenvalue weighted by molar-refractivity contribution is 5.78. The molecule has 1 aliphatic heterocycles. The number of hydrogen-bond donors (Lipinski definition) is 1. The van der Waals surface area contributed by atoms with Crippen LogP contribution in [0.1, 0.15) is 23.4 Å². The Balaban J connectivity index is 1.82. The highest BCUT2D eigenvalue weighted by atomic mass is 16.5. The Morgan fingerprint density at radius 1 is 1.33 bits per heavy atom. The Labute approximate surface area is 159 Å². The van der Waals surface area contributed by atoms with Gasteiger partial charge in [0.15, 0.2) is 0 Å². The molecule has 0 unspecified atom stereocenters. The van der Waals surface area contributed by atoms with E-state index >= 15 is 0 Å². The molecule has 1 N–H and O–H groups in total. The maximum Gasteiger partial charge on any atom is 0.230 e. The van der Waals surface area contributed by atoms with Gasteiger partial charge in [-0.2, -0.15) is 0 Å². The molecule has 0 bridgehead atoms. The normalized spacial score (nSPS) is 17.1. The van der Waals surface area contributed by atoms with Crippen LogP contribution in [0.4, 0.5) is 0 Å². The molecule has 1 amide bonds. The summed E-state index contributed by atoms with van der Waals surface area (Å²) in [6.45, 7) is 6.15. The van der Waals surface area contributed by atoms with Gasteiger partial charge in [-0.3, -0.25) is 9.69 Å². The fourth-order valence-electron chi connectivity index (χ4n) is 3.62. The van der Waals surface area contributed by atoms with Crippen LogP contribution in [-0.4, -0.2) is 50.1 Å². The number of likely N-dealkylation sites (tertiary alicyclic amines) is 1. The summed E-state index contributed by atoms with van der Waals surface area (Å²) in [5.74, 6) is 2.93. The molecule has 2 heterocycles. The molecule has 1 fully saturated rings. The fourth-order valence-corrected chi connectivity index (χ4v) is 3.62. The Kier molecular flexibility index (Phi) is 5.70. The quantitative estimate of drug-likeness (QED) is 0.839. The van der Waals surface area contributed by atoms with Crippen LogP contribution >= 0.6 is 0 Å². The van der Waals surface area contributed by atoms with Gasteiger partial charge in [0, 0.05) is 25.7 Å². The molecule has 27 heavy (non-hydrogen) atoms. The van der Waals surface area contributed by atoms with Crippen LogP contribution in [0.2, 0.25) is 0 Å². The maximum atomic E-state index is 11.8. The van der Waals surface area contributed by atoms with Gasteiger partial charge in [0.25, 0.3) is 0 Å². The number of methoxy groups -OCH3 is 2. The van der Waals surface area contributed by atoms with E-state index in [4.69, 9.17) is 18.9 Å². The Morgan fingerprint density at radius 2 is 2.11 bits per heavy atom. The summed E-state index contributed by atoms with van der Waals surface area (Å²) in [5, 5.41) is 2.73. The van der Waals surface area contributed by atoms with E-state index in [9.17, 15) is 4.79 Å². The molecule has 0 aliphatic carbocycles. The van der Waals surface area contributed by atoms with Crippen molar-refractivity contribution in [3.8, 4) is 23.0 Å². The number of aryl methyl sites for hydroxylation is 1. The van der Waals surface area contributed by atoms with Gasteiger partial charge in [-0.05, 0) is 38.9 Å². The van der Waals surface area contributed by atoms with Gasteiger partial charge in [-0.25, -0.2) is 4.98 Å². The minimum Gasteiger partial charge on any atom is -0.496 e. The maximum absolute atomic E-state index is 11.8. The Morgan fingerprint density at radius 3 is 2.78 bits per heavy atom. The SMILES string of the molecule is CNC(=O)[C@@H]1CCN(Cc2nc(-c3ccc(OC)c(C)c3OC)oc2C)C1. The fraction of sp³-hybridized carbons (Fsp3) is 0.500. The molecule has 1 aromatic heterocycles. The van der Waals surface area contributed by atoms with Crippen molar-refractivity contribution in [3.63, 3.8) is 0 Å². The molecule has 7 heteroatoms. The highest BCUT2D eigenvalue weighted by Gasteiger charge is 2.29. The third-order valence-electron chi connectivity index (χ3n) is 5.17. The third-order valence-corrected chi connectivity index (χ3v) is 5.17. The zero-order valence-electron chi connectivity index (χ0n) is 16.6. The average molecular weight is 373 g/mol. The average Bonchev–Trinajstić information content (AvgIpc) is 3.28. The van der Waals surface area contributed by atoms with Crippen LogP contribution in [0, 0.1) is 19.8 Å². The summed E-state index contributed by atoms with van der Waals surface area (Å²) in [6, 6.07) is 3.79. The van der Waals surface area contributed by atoms with E-state index in [-0.39, 0.29) is 11.8 Å². The molecule has 1 aromatic carbocycles. The zero-order chi connectivity index (χ0) is 19.6. The lowest BCUT2D eigenvalue weighted by molar-refractivity contribution is -0.124. The number of ether oxygens (including phenoxy) is 2. The summed E-state index contributed by atoms with van der Waals surface area (Å²) in [4.78, 5) is 18.8. The van der Waals surface area contributed by atoms with Crippen LogP contribution in [0.3, 0.4) is 0 Å². The number of oxazole rings is 1. The third kappa shape index (κ3) is 3.78. The predicted octanol–water partition coefficient (Wildman–Crippen LogP) is 2.54. The van der Waals surface area contributed by atoms with E-state index in [1.54, 1.807) is 21.3 Å². The zero-order valence-corrected chi connectivity index (χ0v) is 16.6. The van der Waals surface area contributed by atoms with E-state index in [1.807, 2.05) is 26.0 Å². The molecule has 3 rings (SSSR count). The van der Waals surface area contributed by atoms with Crippen molar-refractivity contribution in [1.29, 1.82) is 0 Å². The van der Waals surface area contributed by atoms with Crippen molar-refractivity contribution in [2.45, 2.75) is 26.8 Å². The standard InChI is InChI=1S/C20H27N3O4/c1-12-17(25-4)7-6-15(18(12)26-5)20-22-16(13(2)27-20)11-23-9-8-14(10-23)19(24)21-3/h6-7,14H,8-11H2,1-5H3,(H,21,24)/t14-/m1/s1. The summed E-state index contributed by atoms with van der Waals surface area (Å²) in [5.41, 5.74) is 2.59. The molecule has 1 atom stereocenters.